The lowest BCUT2D eigenvalue weighted by Crippen LogP contribution is -2.38. The maximum atomic E-state index is 6.02. The van der Waals surface area contributed by atoms with Gasteiger partial charge >= 0.3 is 0 Å². The first-order chi connectivity index (χ1) is 10.9. The fourth-order valence-electron chi connectivity index (χ4n) is 2.53. The van der Waals surface area contributed by atoms with Gasteiger partial charge in [-0.15, -0.1) is 0 Å². The first-order valence-corrected chi connectivity index (χ1v) is 7.48. The van der Waals surface area contributed by atoms with E-state index in [2.05, 4.69) is 14.9 Å². The third kappa shape index (κ3) is 3.40. The van der Waals surface area contributed by atoms with Crippen LogP contribution in [0.3, 0.4) is 0 Å². The van der Waals surface area contributed by atoms with Crippen molar-refractivity contribution in [3.8, 4) is 22.9 Å². The van der Waals surface area contributed by atoms with E-state index in [1.807, 2.05) is 18.2 Å². The van der Waals surface area contributed by atoms with Crippen molar-refractivity contribution < 1.29 is 14.2 Å². The van der Waals surface area contributed by atoms with Crippen molar-refractivity contribution in [2.45, 2.75) is 0 Å². The number of aromatic nitrogens is 2. The molecule has 0 radical (unpaired) electrons. The van der Waals surface area contributed by atoms with Gasteiger partial charge in [0.2, 0.25) is 0 Å². The van der Waals surface area contributed by atoms with Crippen LogP contribution in [0, 0.1) is 0 Å². The van der Waals surface area contributed by atoms with Crippen molar-refractivity contribution in [1.82, 2.24) is 14.9 Å². The molecule has 1 aliphatic heterocycles. The summed E-state index contributed by atoms with van der Waals surface area (Å²) in [5, 5.41) is 0. The van der Waals surface area contributed by atoms with E-state index in [0.29, 0.717) is 6.61 Å². The zero-order valence-electron chi connectivity index (χ0n) is 12.7. The van der Waals surface area contributed by atoms with Crippen LogP contribution in [0.2, 0.25) is 0 Å². The lowest BCUT2D eigenvalue weighted by atomic mass is 10.1. The van der Waals surface area contributed by atoms with Crippen LogP contribution in [0.1, 0.15) is 0 Å². The number of methoxy groups -OCH3 is 1. The Morgan fingerprint density at radius 2 is 2.18 bits per heavy atom. The summed E-state index contributed by atoms with van der Waals surface area (Å²) in [6, 6.07) is 5.81. The van der Waals surface area contributed by atoms with Gasteiger partial charge in [-0.05, 0) is 12.1 Å². The molecule has 118 valence electrons. The Balaban J connectivity index is 1.71. The summed E-state index contributed by atoms with van der Waals surface area (Å²) in [6.45, 7) is 4.99. The maximum absolute atomic E-state index is 6.02. The number of nitrogens with zero attached hydrogens (tertiary/aromatic N) is 2. The summed E-state index contributed by atoms with van der Waals surface area (Å²) in [6.07, 6.45) is 3.53. The number of para-hydroxylation sites is 1. The Morgan fingerprint density at radius 1 is 1.32 bits per heavy atom. The van der Waals surface area contributed by atoms with Crippen molar-refractivity contribution in [1.29, 1.82) is 0 Å². The second kappa shape index (κ2) is 7.29. The molecule has 0 unspecified atom stereocenters. The monoisotopic (exact) mass is 303 g/mol. The predicted octanol–water partition coefficient (Wildman–Crippen LogP) is 1.80. The lowest BCUT2D eigenvalue weighted by molar-refractivity contribution is 0.0321. The third-order valence-electron chi connectivity index (χ3n) is 3.71. The SMILES string of the molecule is COc1cccc(-c2ncc[nH]2)c1OCCN1CCOCC1. The highest BCUT2D eigenvalue weighted by Crippen LogP contribution is 2.36. The number of hydrogen-bond donors (Lipinski definition) is 1. The van der Waals surface area contributed by atoms with E-state index in [9.17, 15) is 0 Å². The highest BCUT2D eigenvalue weighted by molar-refractivity contribution is 5.68. The van der Waals surface area contributed by atoms with Crippen molar-refractivity contribution in [3.63, 3.8) is 0 Å². The molecular formula is C16H21N3O3. The topological polar surface area (TPSA) is 59.6 Å². The van der Waals surface area contributed by atoms with Gasteiger partial charge in [0.1, 0.15) is 12.4 Å². The summed E-state index contributed by atoms with van der Waals surface area (Å²) < 4.78 is 16.8. The van der Waals surface area contributed by atoms with Gasteiger partial charge in [0, 0.05) is 32.0 Å². The number of morpholine rings is 1. The smallest absolute Gasteiger partial charge is 0.172 e. The Hall–Kier alpha value is -2.05. The molecule has 1 fully saturated rings. The van der Waals surface area contributed by atoms with E-state index >= 15 is 0 Å². The van der Waals surface area contributed by atoms with Crippen LogP contribution in [0.15, 0.2) is 30.6 Å². The average molecular weight is 303 g/mol. The van der Waals surface area contributed by atoms with E-state index in [1.54, 1.807) is 19.5 Å². The zero-order valence-corrected chi connectivity index (χ0v) is 12.7. The van der Waals surface area contributed by atoms with Crippen LogP contribution >= 0.6 is 0 Å². The standard InChI is InChI=1S/C16H21N3O3/c1-20-14-4-2-3-13(16-17-5-6-18-16)15(14)22-12-9-19-7-10-21-11-8-19/h2-6H,7-12H2,1H3,(H,17,18). The minimum atomic E-state index is 0.605. The van der Waals surface area contributed by atoms with E-state index in [4.69, 9.17) is 14.2 Å². The van der Waals surface area contributed by atoms with Gasteiger partial charge in [-0.1, -0.05) is 6.07 Å². The largest absolute Gasteiger partial charge is 0.493 e. The Bertz CT molecular complexity index is 580. The van der Waals surface area contributed by atoms with Gasteiger partial charge in [-0.25, -0.2) is 4.98 Å². The molecule has 1 aliphatic rings. The maximum Gasteiger partial charge on any atom is 0.172 e. The molecule has 1 aromatic heterocycles. The number of nitrogens with one attached hydrogen (secondary N) is 1. The number of rotatable bonds is 6. The number of imidazole rings is 1. The number of benzene rings is 1. The molecule has 6 heteroatoms. The van der Waals surface area contributed by atoms with E-state index < -0.39 is 0 Å². The molecule has 0 bridgehead atoms. The molecule has 2 aromatic rings. The summed E-state index contributed by atoms with van der Waals surface area (Å²) in [7, 11) is 1.65. The van der Waals surface area contributed by atoms with Crippen molar-refractivity contribution in [3.05, 3.63) is 30.6 Å². The minimum absolute atomic E-state index is 0.605. The van der Waals surface area contributed by atoms with E-state index in [0.717, 1.165) is 55.7 Å². The van der Waals surface area contributed by atoms with Crippen molar-refractivity contribution >= 4 is 0 Å². The zero-order chi connectivity index (χ0) is 15.2. The number of ether oxygens (including phenoxy) is 3. The van der Waals surface area contributed by atoms with Crippen LogP contribution < -0.4 is 9.47 Å². The van der Waals surface area contributed by atoms with Gasteiger partial charge in [-0.3, -0.25) is 4.90 Å². The normalized spacial score (nSPS) is 15.7. The molecule has 1 saturated heterocycles. The summed E-state index contributed by atoms with van der Waals surface area (Å²) in [4.78, 5) is 9.75. The first-order valence-electron chi connectivity index (χ1n) is 7.48. The Morgan fingerprint density at radius 3 is 2.91 bits per heavy atom. The van der Waals surface area contributed by atoms with Crippen LogP contribution in [0.5, 0.6) is 11.5 Å². The molecule has 3 rings (SSSR count). The lowest BCUT2D eigenvalue weighted by Gasteiger charge is -2.26. The highest BCUT2D eigenvalue weighted by Gasteiger charge is 2.15. The summed E-state index contributed by atoms with van der Waals surface area (Å²) >= 11 is 0. The van der Waals surface area contributed by atoms with Gasteiger partial charge in [0.05, 0.1) is 25.9 Å². The fraction of sp³-hybridized carbons (Fsp3) is 0.438. The predicted molar refractivity (Wildman–Crippen MR) is 83.3 cm³/mol. The number of H-pyrrole nitrogens is 1. The molecule has 1 N–H and O–H groups in total. The fourth-order valence-corrected chi connectivity index (χ4v) is 2.53. The number of hydrogen-bond acceptors (Lipinski definition) is 5. The van der Waals surface area contributed by atoms with Crippen molar-refractivity contribution in [2.75, 3.05) is 46.6 Å². The first kappa shape index (κ1) is 14.9. The highest BCUT2D eigenvalue weighted by atomic mass is 16.5. The van der Waals surface area contributed by atoms with Crippen LogP contribution in [0.25, 0.3) is 11.4 Å². The third-order valence-corrected chi connectivity index (χ3v) is 3.71. The summed E-state index contributed by atoms with van der Waals surface area (Å²) in [5.41, 5.74) is 0.909. The van der Waals surface area contributed by atoms with Crippen molar-refractivity contribution in [2.24, 2.45) is 0 Å². The Kier molecular flexibility index (Phi) is 4.92. The molecule has 1 aromatic carbocycles. The molecule has 0 aliphatic carbocycles. The molecular weight excluding hydrogens is 282 g/mol. The van der Waals surface area contributed by atoms with Crippen LogP contribution in [-0.4, -0.2) is 61.4 Å². The molecule has 0 saturated carbocycles. The molecule has 0 amide bonds. The van der Waals surface area contributed by atoms with Crippen LogP contribution in [0.4, 0.5) is 0 Å². The minimum Gasteiger partial charge on any atom is -0.493 e. The second-order valence-electron chi connectivity index (χ2n) is 5.08. The molecule has 22 heavy (non-hydrogen) atoms. The average Bonchev–Trinajstić information content (AvgIpc) is 3.10. The molecule has 0 atom stereocenters. The molecule has 2 heterocycles. The van der Waals surface area contributed by atoms with E-state index in [1.165, 1.54) is 0 Å². The molecule has 6 nitrogen and oxygen atoms in total. The van der Waals surface area contributed by atoms with Crippen LogP contribution in [-0.2, 0) is 4.74 Å². The van der Waals surface area contributed by atoms with E-state index in [-0.39, 0.29) is 0 Å². The molecule has 0 spiro atoms. The van der Waals surface area contributed by atoms with Gasteiger partial charge in [0.25, 0.3) is 0 Å². The quantitative estimate of drug-likeness (QED) is 0.882. The van der Waals surface area contributed by atoms with Gasteiger partial charge < -0.3 is 19.2 Å². The van der Waals surface area contributed by atoms with Gasteiger partial charge in [0.15, 0.2) is 11.5 Å². The number of aromatic amines is 1. The second-order valence-corrected chi connectivity index (χ2v) is 5.08. The van der Waals surface area contributed by atoms with Gasteiger partial charge in [-0.2, -0.15) is 0 Å². The Labute approximate surface area is 130 Å². The summed E-state index contributed by atoms with van der Waals surface area (Å²) in [5.74, 6) is 2.23.